The van der Waals surface area contributed by atoms with Crippen LogP contribution >= 0.6 is 0 Å². The molecule has 2 aliphatic rings. The molecular weight excluding hydrogens is 259 g/mol. The third-order valence-electron chi connectivity index (χ3n) is 3.75. The Morgan fingerprint density at radius 2 is 2.40 bits per heavy atom. The van der Waals surface area contributed by atoms with Crippen molar-refractivity contribution in [3.8, 4) is 0 Å². The predicted molar refractivity (Wildman–Crippen MR) is 76.4 cm³/mol. The van der Waals surface area contributed by atoms with Crippen LogP contribution < -0.4 is 10.6 Å². The summed E-state index contributed by atoms with van der Waals surface area (Å²) in [4.78, 5) is 11.2. The van der Waals surface area contributed by atoms with Crippen molar-refractivity contribution >= 4 is 13.1 Å². The van der Waals surface area contributed by atoms with E-state index in [9.17, 15) is 9.82 Å². The van der Waals surface area contributed by atoms with Gasteiger partial charge in [-0.3, -0.25) is 0 Å². The monoisotopic (exact) mass is 282 g/mol. The highest BCUT2D eigenvalue weighted by Gasteiger charge is 2.46. The first-order valence-electron chi connectivity index (χ1n) is 7.32. The van der Waals surface area contributed by atoms with Crippen LogP contribution in [0.2, 0.25) is 5.82 Å². The summed E-state index contributed by atoms with van der Waals surface area (Å²) in [7, 11) is -0.719. The van der Waals surface area contributed by atoms with Crippen molar-refractivity contribution in [2.45, 2.75) is 31.7 Å². The summed E-state index contributed by atoms with van der Waals surface area (Å²) < 4.78 is 11.1. The van der Waals surface area contributed by atoms with Gasteiger partial charge in [0.1, 0.15) is 0 Å². The molecule has 1 aliphatic heterocycles. The molecule has 1 heterocycles. The Hall–Kier alpha value is -1.05. The van der Waals surface area contributed by atoms with E-state index in [1.54, 1.807) is 0 Å². The summed E-state index contributed by atoms with van der Waals surface area (Å²) in [5.41, 5.74) is 0. The Balaban J connectivity index is 1.65. The summed E-state index contributed by atoms with van der Waals surface area (Å²) in [6.07, 6.45) is 5.71. The number of carbonyl (C=O) groups is 1. The Bertz CT molecular complexity index is 353. The van der Waals surface area contributed by atoms with E-state index < -0.39 is 7.12 Å². The van der Waals surface area contributed by atoms with Crippen molar-refractivity contribution in [3.63, 3.8) is 0 Å². The van der Waals surface area contributed by atoms with Gasteiger partial charge in [0.05, 0.1) is 6.10 Å². The Kier molecular flexibility index (Phi) is 5.88. The van der Waals surface area contributed by atoms with Crippen molar-refractivity contribution in [1.82, 2.24) is 10.6 Å². The molecule has 0 spiro atoms. The highest BCUT2D eigenvalue weighted by atomic mass is 16.5. The minimum atomic E-state index is -0.719. The topological polar surface area (TPSA) is 79.8 Å². The van der Waals surface area contributed by atoms with Crippen molar-refractivity contribution in [1.29, 1.82) is 0 Å². The predicted octanol–water partition coefficient (Wildman–Crippen LogP) is 0.538. The molecule has 1 aliphatic carbocycles. The first-order valence-corrected chi connectivity index (χ1v) is 7.32. The molecule has 0 aromatic rings. The molecule has 1 unspecified atom stereocenters. The molecule has 112 valence electrons. The van der Waals surface area contributed by atoms with Crippen molar-refractivity contribution < 1.29 is 19.2 Å². The van der Waals surface area contributed by atoms with Crippen LogP contribution in [0.15, 0.2) is 12.2 Å². The summed E-state index contributed by atoms with van der Waals surface area (Å²) in [6, 6.07) is -0.148. The number of hydrogen-bond donors (Lipinski definition) is 3. The first kappa shape index (κ1) is 15.3. The molecule has 3 atom stereocenters. The van der Waals surface area contributed by atoms with Gasteiger partial charge in [0, 0.05) is 32.1 Å². The number of allylic oxidation sites excluding steroid dienone is 1. The Morgan fingerprint density at radius 1 is 1.55 bits per heavy atom. The number of ether oxygens (including phenoxy) is 1. The van der Waals surface area contributed by atoms with E-state index in [2.05, 4.69) is 16.7 Å². The molecule has 0 aromatic carbocycles. The van der Waals surface area contributed by atoms with Gasteiger partial charge in [-0.15, -0.1) is 0 Å². The SMILES string of the molecule is CCNC(=O)NCCCO[C@@H]1C=CC[C@@H]2COB(O)C21. The minimum Gasteiger partial charge on any atom is -0.427 e. The van der Waals surface area contributed by atoms with Crippen molar-refractivity contribution in [2.24, 2.45) is 5.92 Å². The maximum absolute atomic E-state index is 11.2. The second kappa shape index (κ2) is 7.66. The van der Waals surface area contributed by atoms with Gasteiger partial charge in [-0.1, -0.05) is 12.2 Å². The largest absolute Gasteiger partial charge is 0.460 e. The van der Waals surface area contributed by atoms with E-state index in [0.717, 1.165) is 12.8 Å². The van der Waals surface area contributed by atoms with Gasteiger partial charge in [-0.25, -0.2) is 4.79 Å². The lowest BCUT2D eigenvalue weighted by atomic mass is 9.63. The molecule has 6 nitrogen and oxygen atoms in total. The number of urea groups is 1. The van der Waals surface area contributed by atoms with E-state index in [1.165, 1.54) is 0 Å². The molecule has 0 radical (unpaired) electrons. The number of amides is 2. The fourth-order valence-electron chi connectivity index (χ4n) is 2.73. The van der Waals surface area contributed by atoms with Gasteiger partial charge >= 0.3 is 13.1 Å². The zero-order valence-electron chi connectivity index (χ0n) is 11.9. The average molecular weight is 282 g/mol. The van der Waals surface area contributed by atoms with Gasteiger partial charge in [0.25, 0.3) is 0 Å². The molecule has 0 saturated carbocycles. The van der Waals surface area contributed by atoms with E-state index in [0.29, 0.717) is 32.2 Å². The maximum Gasteiger partial charge on any atom is 0.460 e. The van der Waals surface area contributed by atoms with Gasteiger partial charge < -0.3 is 25.0 Å². The molecule has 2 rings (SSSR count). The standard InChI is InChI=1S/C13H23BN2O4/c1-2-15-13(17)16-7-4-8-19-11-6-3-5-10-9-20-14(18)12(10)11/h3,6,10-12,18H,2,4-5,7-9H2,1H3,(H2,15,16,17)/t10-,11-,12?/m1/s1. The van der Waals surface area contributed by atoms with Gasteiger partial charge in [0.15, 0.2) is 0 Å². The molecule has 20 heavy (non-hydrogen) atoms. The highest BCUT2D eigenvalue weighted by molar-refractivity contribution is 6.46. The summed E-state index contributed by atoms with van der Waals surface area (Å²) in [5, 5.41) is 15.3. The normalized spacial score (nSPS) is 28.3. The number of carbonyl (C=O) groups excluding carboxylic acids is 1. The Labute approximate surface area is 120 Å². The lowest BCUT2D eigenvalue weighted by molar-refractivity contribution is 0.0630. The van der Waals surface area contributed by atoms with Crippen LogP contribution in [-0.4, -0.2) is 50.6 Å². The number of nitrogens with one attached hydrogen (secondary N) is 2. The first-order chi connectivity index (χ1) is 9.72. The van der Waals surface area contributed by atoms with Crippen LogP contribution in [0.3, 0.4) is 0 Å². The molecular formula is C13H23BN2O4. The van der Waals surface area contributed by atoms with Crippen LogP contribution in [0.5, 0.6) is 0 Å². The van der Waals surface area contributed by atoms with Crippen molar-refractivity contribution in [3.05, 3.63) is 12.2 Å². The van der Waals surface area contributed by atoms with Crippen molar-refractivity contribution in [2.75, 3.05) is 26.3 Å². The zero-order chi connectivity index (χ0) is 14.4. The molecule has 1 saturated heterocycles. The third kappa shape index (κ3) is 3.97. The lowest BCUT2D eigenvalue weighted by Crippen LogP contribution is -2.36. The maximum atomic E-state index is 11.2. The molecule has 2 amide bonds. The number of fused-ring (bicyclic) bond motifs is 1. The lowest BCUT2D eigenvalue weighted by Gasteiger charge is -2.28. The third-order valence-corrected chi connectivity index (χ3v) is 3.75. The molecule has 0 aromatic heterocycles. The summed E-state index contributed by atoms with van der Waals surface area (Å²) in [6.45, 7) is 4.24. The summed E-state index contributed by atoms with van der Waals surface area (Å²) >= 11 is 0. The molecule has 7 heteroatoms. The second-order valence-electron chi connectivity index (χ2n) is 5.20. The molecule has 3 N–H and O–H groups in total. The fraction of sp³-hybridized carbons (Fsp3) is 0.769. The van der Waals surface area contributed by atoms with Crippen LogP contribution in [0.1, 0.15) is 19.8 Å². The molecule has 1 fully saturated rings. The van der Waals surface area contributed by atoms with E-state index in [4.69, 9.17) is 9.39 Å². The average Bonchev–Trinajstić information content (AvgIpc) is 2.81. The van der Waals surface area contributed by atoms with Gasteiger partial charge in [0.2, 0.25) is 0 Å². The Morgan fingerprint density at radius 3 is 3.20 bits per heavy atom. The quantitative estimate of drug-likeness (QED) is 0.377. The smallest absolute Gasteiger partial charge is 0.427 e. The van der Waals surface area contributed by atoms with Crippen LogP contribution in [0.25, 0.3) is 0 Å². The van der Waals surface area contributed by atoms with Gasteiger partial charge in [-0.2, -0.15) is 0 Å². The van der Waals surface area contributed by atoms with E-state index >= 15 is 0 Å². The van der Waals surface area contributed by atoms with Gasteiger partial charge in [-0.05, 0) is 25.7 Å². The second-order valence-corrected chi connectivity index (χ2v) is 5.20. The number of hydrogen-bond acceptors (Lipinski definition) is 4. The zero-order valence-corrected chi connectivity index (χ0v) is 11.9. The van der Waals surface area contributed by atoms with E-state index in [-0.39, 0.29) is 18.0 Å². The van der Waals surface area contributed by atoms with Crippen LogP contribution in [0.4, 0.5) is 4.79 Å². The molecule has 0 bridgehead atoms. The fourth-order valence-corrected chi connectivity index (χ4v) is 2.73. The van der Waals surface area contributed by atoms with Crippen LogP contribution in [0, 0.1) is 5.92 Å². The minimum absolute atomic E-state index is 0.0383. The number of rotatable bonds is 6. The van der Waals surface area contributed by atoms with E-state index in [1.807, 2.05) is 13.0 Å². The summed E-state index contributed by atoms with van der Waals surface area (Å²) in [5.74, 6) is 0.393. The highest BCUT2D eigenvalue weighted by Crippen LogP contribution is 2.39. The van der Waals surface area contributed by atoms with Crippen LogP contribution in [-0.2, 0) is 9.39 Å².